The van der Waals surface area contributed by atoms with E-state index in [2.05, 4.69) is 23.2 Å². The lowest BCUT2D eigenvalue weighted by molar-refractivity contribution is 0.105. The van der Waals surface area contributed by atoms with Gasteiger partial charge in [0.1, 0.15) is 11.5 Å². The van der Waals surface area contributed by atoms with Crippen molar-refractivity contribution in [1.82, 2.24) is 10.2 Å². The van der Waals surface area contributed by atoms with Crippen molar-refractivity contribution in [3.8, 4) is 0 Å². The Morgan fingerprint density at radius 1 is 1.19 bits per heavy atom. The van der Waals surface area contributed by atoms with Gasteiger partial charge in [0.15, 0.2) is 0 Å². The van der Waals surface area contributed by atoms with Crippen LogP contribution in [-0.2, 0) is 13.1 Å². The Balaban J connectivity index is 1.40. The van der Waals surface area contributed by atoms with Crippen LogP contribution in [0.25, 0.3) is 0 Å². The highest BCUT2D eigenvalue weighted by molar-refractivity contribution is 5.21. The van der Waals surface area contributed by atoms with E-state index in [0.29, 0.717) is 0 Å². The van der Waals surface area contributed by atoms with Gasteiger partial charge in [0.05, 0.1) is 6.54 Å². The van der Waals surface area contributed by atoms with Crippen LogP contribution in [0.3, 0.4) is 0 Å². The Bertz CT molecular complexity index is 491. The first kappa shape index (κ1) is 13.8. The Kier molecular flexibility index (Phi) is 3.80. The maximum absolute atomic E-state index is 5.96. The van der Waals surface area contributed by atoms with E-state index in [9.17, 15) is 0 Å². The maximum atomic E-state index is 5.96. The van der Waals surface area contributed by atoms with Crippen LogP contribution in [0.5, 0.6) is 0 Å². The van der Waals surface area contributed by atoms with Crippen LogP contribution in [0, 0.1) is 12.8 Å². The van der Waals surface area contributed by atoms with E-state index in [0.717, 1.165) is 42.6 Å². The van der Waals surface area contributed by atoms with Crippen molar-refractivity contribution >= 4 is 0 Å². The lowest BCUT2D eigenvalue weighted by Gasteiger charge is -2.37. The fourth-order valence-electron chi connectivity index (χ4n) is 4.34. The highest BCUT2D eigenvalue weighted by atomic mass is 16.3. The van der Waals surface area contributed by atoms with Crippen molar-refractivity contribution in [2.75, 3.05) is 6.54 Å². The lowest BCUT2D eigenvalue weighted by Crippen LogP contribution is -2.41. The standard InChI is InChI=1S/C18H28N2O/c1-13-15(10-17(21-13)11-19-16-7-8-16)12-20-9-3-5-14-4-2-6-18(14)20/h10,14,16,18-19H,2-9,11-12H2,1H3. The molecule has 21 heavy (non-hydrogen) atoms. The van der Waals surface area contributed by atoms with Gasteiger partial charge in [-0.25, -0.2) is 0 Å². The van der Waals surface area contributed by atoms with Gasteiger partial charge < -0.3 is 9.73 Å². The van der Waals surface area contributed by atoms with Crippen molar-refractivity contribution < 1.29 is 4.42 Å². The number of aryl methyl sites for hydroxylation is 1. The molecule has 1 aromatic heterocycles. The summed E-state index contributed by atoms with van der Waals surface area (Å²) >= 11 is 0. The molecule has 1 aliphatic heterocycles. The van der Waals surface area contributed by atoms with Gasteiger partial charge in [0.25, 0.3) is 0 Å². The van der Waals surface area contributed by atoms with Crippen LogP contribution in [0.1, 0.15) is 62.0 Å². The predicted octanol–water partition coefficient (Wildman–Crippen LogP) is 3.60. The van der Waals surface area contributed by atoms with Gasteiger partial charge in [-0.1, -0.05) is 6.42 Å². The van der Waals surface area contributed by atoms with Crippen LogP contribution in [-0.4, -0.2) is 23.5 Å². The second-order valence-corrected chi connectivity index (χ2v) is 7.32. The quantitative estimate of drug-likeness (QED) is 0.897. The normalized spacial score (nSPS) is 29.8. The molecule has 3 heteroatoms. The summed E-state index contributed by atoms with van der Waals surface area (Å²) in [6, 6.07) is 3.89. The Morgan fingerprint density at radius 3 is 2.90 bits per heavy atom. The molecule has 0 bridgehead atoms. The number of piperidine rings is 1. The summed E-state index contributed by atoms with van der Waals surface area (Å²) in [5.41, 5.74) is 1.41. The van der Waals surface area contributed by atoms with Crippen molar-refractivity contribution in [3.63, 3.8) is 0 Å². The van der Waals surface area contributed by atoms with Crippen LogP contribution in [0.2, 0.25) is 0 Å². The van der Waals surface area contributed by atoms with Gasteiger partial charge in [-0.2, -0.15) is 0 Å². The van der Waals surface area contributed by atoms with Crippen molar-refractivity contribution in [3.05, 3.63) is 23.2 Å². The van der Waals surface area contributed by atoms with Crippen LogP contribution < -0.4 is 5.32 Å². The smallest absolute Gasteiger partial charge is 0.118 e. The Labute approximate surface area is 128 Å². The summed E-state index contributed by atoms with van der Waals surface area (Å²) in [5.74, 6) is 3.22. The van der Waals surface area contributed by atoms with Crippen LogP contribution in [0.15, 0.2) is 10.5 Å². The van der Waals surface area contributed by atoms with E-state index < -0.39 is 0 Å². The van der Waals surface area contributed by atoms with Gasteiger partial charge >= 0.3 is 0 Å². The summed E-state index contributed by atoms with van der Waals surface area (Å²) < 4.78 is 5.96. The molecule has 1 N–H and O–H groups in total. The highest BCUT2D eigenvalue weighted by Gasteiger charge is 2.35. The minimum Gasteiger partial charge on any atom is -0.465 e. The molecule has 2 atom stereocenters. The number of hydrogen-bond donors (Lipinski definition) is 1. The molecular weight excluding hydrogens is 260 g/mol. The average molecular weight is 288 g/mol. The van der Waals surface area contributed by atoms with E-state index in [4.69, 9.17) is 4.42 Å². The number of fused-ring (bicyclic) bond motifs is 1. The second kappa shape index (κ2) is 5.77. The summed E-state index contributed by atoms with van der Waals surface area (Å²) in [6.07, 6.45) is 9.83. The van der Waals surface area contributed by atoms with Gasteiger partial charge in [-0.3, -0.25) is 4.90 Å². The molecular formula is C18H28N2O. The molecule has 3 fully saturated rings. The first-order valence-corrected chi connectivity index (χ1v) is 8.85. The number of nitrogens with one attached hydrogen (secondary N) is 1. The van der Waals surface area contributed by atoms with E-state index in [1.54, 1.807) is 0 Å². The van der Waals surface area contributed by atoms with Crippen molar-refractivity contribution in [1.29, 1.82) is 0 Å². The van der Waals surface area contributed by atoms with Crippen LogP contribution in [0.4, 0.5) is 0 Å². The fourth-order valence-corrected chi connectivity index (χ4v) is 4.34. The molecule has 3 aliphatic rings. The molecule has 0 spiro atoms. The minimum atomic E-state index is 0.750. The van der Waals surface area contributed by atoms with Crippen molar-refractivity contribution in [2.24, 2.45) is 5.92 Å². The van der Waals surface area contributed by atoms with E-state index >= 15 is 0 Å². The molecule has 1 aromatic rings. The third-order valence-electron chi connectivity index (χ3n) is 5.70. The lowest BCUT2D eigenvalue weighted by atomic mass is 9.91. The third kappa shape index (κ3) is 3.04. The third-order valence-corrected chi connectivity index (χ3v) is 5.70. The first-order valence-electron chi connectivity index (χ1n) is 8.85. The fraction of sp³-hybridized carbons (Fsp3) is 0.778. The zero-order valence-corrected chi connectivity index (χ0v) is 13.2. The zero-order chi connectivity index (χ0) is 14.2. The van der Waals surface area contributed by atoms with E-state index in [1.807, 2.05) is 0 Å². The molecule has 0 radical (unpaired) electrons. The number of hydrogen-bond acceptors (Lipinski definition) is 3. The van der Waals surface area contributed by atoms with E-state index in [-0.39, 0.29) is 0 Å². The summed E-state index contributed by atoms with van der Waals surface area (Å²) in [7, 11) is 0. The molecule has 2 unspecified atom stereocenters. The molecule has 0 amide bonds. The van der Waals surface area contributed by atoms with Crippen molar-refractivity contribution in [2.45, 2.75) is 77.0 Å². The Hall–Kier alpha value is -0.800. The molecule has 1 saturated heterocycles. The summed E-state index contributed by atoms with van der Waals surface area (Å²) in [5, 5.41) is 3.55. The molecule has 4 rings (SSSR count). The topological polar surface area (TPSA) is 28.4 Å². The minimum absolute atomic E-state index is 0.750. The number of nitrogens with zero attached hydrogens (tertiary/aromatic N) is 1. The largest absolute Gasteiger partial charge is 0.465 e. The number of rotatable bonds is 5. The molecule has 116 valence electrons. The van der Waals surface area contributed by atoms with Gasteiger partial charge in [0, 0.05) is 24.2 Å². The van der Waals surface area contributed by atoms with Crippen LogP contribution >= 0.6 is 0 Å². The first-order chi connectivity index (χ1) is 10.3. The molecule has 0 aromatic carbocycles. The van der Waals surface area contributed by atoms with Gasteiger partial charge in [0.2, 0.25) is 0 Å². The number of likely N-dealkylation sites (tertiary alicyclic amines) is 1. The van der Waals surface area contributed by atoms with Gasteiger partial charge in [-0.05, 0) is 64.0 Å². The number of furan rings is 1. The summed E-state index contributed by atoms with van der Waals surface area (Å²) in [4.78, 5) is 2.73. The zero-order valence-electron chi connectivity index (χ0n) is 13.2. The maximum Gasteiger partial charge on any atom is 0.118 e. The van der Waals surface area contributed by atoms with E-state index in [1.165, 1.54) is 57.1 Å². The summed E-state index contributed by atoms with van der Waals surface area (Å²) in [6.45, 7) is 5.41. The van der Waals surface area contributed by atoms with Gasteiger partial charge in [-0.15, -0.1) is 0 Å². The monoisotopic (exact) mass is 288 g/mol. The SMILES string of the molecule is Cc1oc(CNC2CC2)cc1CN1CCCC2CCCC21. The molecule has 3 nitrogen and oxygen atoms in total. The average Bonchev–Trinajstić information content (AvgIpc) is 3.07. The second-order valence-electron chi connectivity index (χ2n) is 7.32. The molecule has 2 aliphatic carbocycles. The highest BCUT2D eigenvalue weighted by Crippen LogP contribution is 2.37. The predicted molar refractivity (Wildman–Crippen MR) is 84.1 cm³/mol. The Morgan fingerprint density at radius 2 is 2.05 bits per heavy atom. The molecule has 2 heterocycles. The molecule has 2 saturated carbocycles.